The van der Waals surface area contributed by atoms with Crippen LogP contribution in [0.3, 0.4) is 0 Å². The van der Waals surface area contributed by atoms with Crippen molar-refractivity contribution in [1.82, 2.24) is 15.1 Å². The quantitative estimate of drug-likeness (QED) is 0.829. The van der Waals surface area contributed by atoms with Gasteiger partial charge in [-0.3, -0.25) is 9.48 Å². The highest BCUT2D eigenvalue weighted by Gasteiger charge is 2.20. The number of halogens is 1. The molecule has 0 saturated carbocycles. The van der Waals surface area contributed by atoms with E-state index in [2.05, 4.69) is 10.4 Å². The lowest BCUT2D eigenvalue weighted by atomic mass is 10.1. The smallest absolute Gasteiger partial charge is 0.256 e. The molecule has 2 N–H and O–H groups in total. The van der Waals surface area contributed by atoms with E-state index in [0.717, 1.165) is 0 Å². The molecule has 0 spiro atoms. The number of hydrogen-bond acceptors (Lipinski definition) is 3. The first-order chi connectivity index (χ1) is 8.01. The van der Waals surface area contributed by atoms with Crippen molar-refractivity contribution in [3.63, 3.8) is 0 Å². The average molecular weight is 260 g/mol. The van der Waals surface area contributed by atoms with E-state index in [-0.39, 0.29) is 18.4 Å². The lowest BCUT2D eigenvalue weighted by Gasteiger charge is -2.09. The number of rotatable bonds is 5. The predicted molar refractivity (Wildman–Crippen MR) is 66.2 cm³/mol. The third-order valence-corrected chi connectivity index (χ3v) is 2.97. The highest BCUT2D eigenvalue weighted by molar-refractivity contribution is 6.33. The molecule has 0 aromatic carbocycles. The van der Waals surface area contributed by atoms with Gasteiger partial charge in [-0.1, -0.05) is 25.4 Å². The van der Waals surface area contributed by atoms with Crippen molar-refractivity contribution in [2.24, 2.45) is 13.0 Å². The topological polar surface area (TPSA) is 67.2 Å². The van der Waals surface area contributed by atoms with Crippen LogP contribution in [0.15, 0.2) is 0 Å². The van der Waals surface area contributed by atoms with Crippen molar-refractivity contribution < 1.29 is 9.90 Å². The maximum atomic E-state index is 11.9. The highest BCUT2D eigenvalue weighted by atomic mass is 35.5. The molecular formula is C11H18ClN3O2. The Bertz CT molecular complexity index is 404. The van der Waals surface area contributed by atoms with Crippen LogP contribution in [0.5, 0.6) is 0 Å². The van der Waals surface area contributed by atoms with Crippen LogP contribution >= 0.6 is 11.6 Å². The molecule has 96 valence electrons. The zero-order valence-corrected chi connectivity index (χ0v) is 11.1. The van der Waals surface area contributed by atoms with E-state index < -0.39 is 0 Å². The van der Waals surface area contributed by atoms with Crippen LogP contribution in [-0.4, -0.2) is 33.9 Å². The number of nitrogens with zero attached hydrogens (tertiary/aromatic N) is 2. The molecule has 1 unspecified atom stereocenters. The minimum Gasteiger partial charge on any atom is -0.396 e. The summed E-state index contributed by atoms with van der Waals surface area (Å²) in [5.74, 6) is -0.209. The molecule has 1 rings (SSSR count). The minimum absolute atomic E-state index is 0.0273. The summed E-state index contributed by atoms with van der Waals surface area (Å²) in [6.07, 6.45) is 0.652. The van der Waals surface area contributed by atoms with Crippen LogP contribution in [0.1, 0.15) is 29.9 Å². The Morgan fingerprint density at radius 1 is 1.65 bits per heavy atom. The summed E-state index contributed by atoms with van der Waals surface area (Å²) >= 11 is 6.03. The van der Waals surface area contributed by atoms with Crippen LogP contribution in [0.4, 0.5) is 0 Å². The molecule has 0 bridgehead atoms. The Balaban J connectivity index is 2.81. The van der Waals surface area contributed by atoms with Gasteiger partial charge in [0, 0.05) is 20.2 Å². The molecule has 17 heavy (non-hydrogen) atoms. The summed E-state index contributed by atoms with van der Waals surface area (Å²) in [6, 6.07) is 0. The number of hydrogen-bond donors (Lipinski definition) is 2. The number of carbonyl (C=O) groups excluding carboxylic acids is 1. The summed E-state index contributed by atoms with van der Waals surface area (Å²) in [4.78, 5) is 11.9. The maximum Gasteiger partial charge on any atom is 0.256 e. The zero-order chi connectivity index (χ0) is 13.0. The second-order valence-electron chi connectivity index (χ2n) is 4.09. The molecule has 1 amide bonds. The van der Waals surface area contributed by atoms with Gasteiger partial charge in [-0.05, 0) is 12.3 Å². The Morgan fingerprint density at radius 3 is 2.82 bits per heavy atom. The first-order valence-corrected chi connectivity index (χ1v) is 5.99. The van der Waals surface area contributed by atoms with Gasteiger partial charge in [-0.2, -0.15) is 5.10 Å². The second kappa shape index (κ2) is 6.02. The van der Waals surface area contributed by atoms with Crippen molar-refractivity contribution in [3.05, 3.63) is 16.4 Å². The number of aryl methyl sites for hydroxylation is 2. The minimum atomic E-state index is -0.236. The summed E-state index contributed by atoms with van der Waals surface area (Å²) in [5.41, 5.74) is 1.12. The average Bonchev–Trinajstić information content (AvgIpc) is 2.61. The van der Waals surface area contributed by atoms with Crippen LogP contribution in [0, 0.1) is 5.92 Å². The van der Waals surface area contributed by atoms with Gasteiger partial charge in [0.15, 0.2) is 0 Å². The van der Waals surface area contributed by atoms with Gasteiger partial charge in [0.1, 0.15) is 5.15 Å². The second-order valence-corrected chi connectivity index (χ2v) is 4.45. The normalized spacial score (nSPS) is 12.5. The molecule has 0 aliphatic carbocycles. The lowest BCUT2D eigenvalue weighted by Crippen LogP contribution is -2.30. The van der Waals surface area contributed by atoms with Gasteiger partial charge in [0.2, 0.25) is 0 Å². The third kappa shape index (κ3) is 3.20. The van der Waals surface area contributed by atoms with Gasteiger partial charge >= 0.3 is 0 Å². The first-order valence-electron chi connectivity index (χ1n) is 5.61. The van der Waals surface area contributed by atoms with Crippen molar-refractivity contribution >= 4 is 17.5 Å². The molecule has 6 heteroatoms. The van der Waals surface area contributed by atoms with E-state index in [1.165, 1.54) is 4.68 Å². The van der Waals surface area contributed by atoms with E-state index >= 15 is 0 Å². The molecule has 1 heterocycles. The molecule has 0 fully saturated rings. The number of carbonyl (C=O) groups is 1. The SMILES string of the molecule is CCc1nn(C)c(Cl)c1C(=O)NCC(C)CO. The molecule has 0 aliphatic rings. The van der Waals surface area contributed by atoms with E-state index in [4.69, 9.17) is 16.7 Å². The van der Waals surface area contributed by atoms with Gasteiger partial charge in [0.05, 0.1) is 11.3 Å². The fourth-order valence-corrected chi connectivity index (χ4v) is 1.68. The molecule has 1 aromatic heterocycles. The molecular weight excluding hydrogens is 242 g/mol. The van der Waals surface area contributed by atoms with Gasteiger partial charge in [0.25, 0.3) is 5.91 Å². The lowest BCUT2D eigenvalue weighted by molar-refractivity contribution is 0.0941. The predicted octanol–water partition coefficient (Wildman–Crippen LogP) is 0.994. The fourth-order valence-electron chi connectivity index (χ4n) is 1.45. The molecule has 1 atom stereocenters. The summed E-state index contributed by atoms with van der Waals surface area (Å²) < 4.78 is 1.49. The Kier molecular flexibility index (Phi) is 4.96. The van der Waals surface area contributed by atoms with Crippen LogP contribution in [0.25, 0.3) is 0 Å². The van der Waals surface area contributed by atoms with E-state index in [9.17, 15) is 4.79 Å². The van der Waals surface area contributed by atoms with Crippen LogP contribution in [0.2, 0.25) is 5.15 Å². The van der Waals surface area contributed by atoms with Gasteiger partial charge in [-0.15, -0.1) is 0 Å². The standard InChI is InChI=1S/C11H18ClN3O2/c1-4-8-9(10(12)15(3)14-8)11(17)13-5-7(2)6-16/h7,16H,4-6H2,1-3H3,(H,13,17). The van der Waals surface area contributed by atoms with Gasteiger partial charge in [-0.25, -0.2) is 0 Å². The van der Waals surface area contributed by atoms with Crippen molar-refractivity contribution in [1.29, 1.82) is 0 Å². The number of aliphatic hydroxyl groups is 1. The summed E-state index contributed by atoms with van der Waals surface area (Å²) in [7, 11) is 1.70. The largest absolute Gasteiger partial charge is 0.396 e. The van der Waals surface area contributed by atoms with E-state index in [1.54, 1.807) is 7.05 Å². The van der Waals surface area contributed by atoms with Gasteiger partial charge < -0.3 is 10.4 Å². The molecule has 1 aromatic rings. The zero-order valence-electron chi connectivity index (χ0n) is 10.3. The van der Waals surface area contributed by atoms with Crippen LogP contribution in [-0.2, 0) is 13.5 Å². The molecule has 0 saturated heterocycles. The number of amides is 1. The monoisotopic (exact) mass is 259 g/mol. The third-order valence-electron chi connectivity index (χ3n) is 2.53. The number of aliphatic hydroxyl groups excluding tert-OH is 1. The van der Waals surface area contributed by atoms with E-state index in [0.29, 0.717) is 29.4 Å². The molecule has 0 radical (unpaired) electrons. The number of aromatic nitrogens is 2. The first kappa shape index (κ1) is 14.0. The Labute approximate surface area is 106 Å². The fraction of sp³-hybridized carbons (Fsp3) is 0.636. The Morgan fingerprint density at radius 2 is 2.29 bits per heavy atom. The van der Waals surface area contributed by atoms with E-state index in [1.807, 2.05) is 13.8 Å². The van der Waals surface area contributed by atoms with Crippen molar-refractivity contribution in [2.75, 3.05) is 13.2 Å². The summed E-state index contributed by atoms with van der Waals surface area (Å²) in [6.45, 7) is 4.24. The number of nitrogens with one attached hydrogen (secondary N) is 1. The van der Waals surface area contributed by atoms with Crippen molar-refractivity contribution in [2.45, 2.75) is 20.3 Å². The molecule has 0 aliphatic heterocycles. The summed E-state index contributed by atoms with van der Waals surface area (Å²) in [5, 5.41) is 16.1. The Hall–Kier alpha value is -1.07. The maximum absolute atomic E-state index is 11.9. The molecule has 5 nitrogen and oxygen atoms in total. The van der Waals surface area contributed by atoms with Crippen LogP contribution < -0.4 is 5.32 Å². The van der Waals surface area contributed by atoms with Crippen molar-refractivity contribution in [3.8, 4) is 0 Å². The highest BCUT2D eigenvalue weighted by Crippen LogP contribution is 2.19.